The maximum atomic E-state index is 12.2. The zero-order valence-electron chi connectivity index (χ0n) is 13.9. The number of nitrogens with one attached hydrogen (secondary N) is 3. The first-order valence-corrected chi connectivity index (χ1v) is 7.57. The van der Waals surface area contributed by atoms with Gasteiger partial charge in [0.2, 0.25) is 11.8 Å². The van der Waals surface area contributed by atoms with Crippen LogP contribution < -0.4 is 20.7 Å². The molecular formula is C18H21N3O3. The standard InChI is InChI=1S/C18H21N3O3/c1-12(19-14-8-10-17(24-3)11-9-14)18(23)21-16-6-4-15(5-7-16)20-13(2)22/h4-12,19H,1-3H3,(H,20,22)(H,21,23)/t12-/m1/s1. The van der Waals surface area contributed by atoms with Crippen molar-refractivity contribution in [3.05, 3.63) is 48.5 Å². The van der Waals surface area contributed by atoms with E-state index < -0.39 is 6.04 Å². The zero-order chi connectivity index (χ0) is 17.5. The first kappa shape index (κ1) is 17.3. The van der Waals surface area contributed by atoms with Crippen LogP contribution in [0.25, 0.3) is 0 Å². The molecule has 0 radical (unpaired) electrons. The summed E-state index contributed by atoms with van der Waals surface area (Å²) in [6.07, 6.45) is 0. The molecule has 6 heteroatoms. The molecule has 0 fully saturated rings. The van der Waals surface area contributed by atoms with Crippen LogP contribution in [0.5, 0.6) is 5.75 Å². The van der Waals surface area contributed by atoms with Gasteiger partial charge in [0.05, 0.1) is 7.11 Å². The van der Waals surface area contributed by atoms with Crippen LogP contribution in [0, 0.1) is 0 Å². The molecule has 2 rings (SSSR count). The highest BCUT2D eigenvalue weighted by Crippen LogP contribution is 2.17. The summed E-state index contributed by atoms with van der Waals surface area (Å²) in [6, 6.07) is 13.9. The Balaban J connectivity index is 1.91. The number of benzene rings is 2. The summed E-state index contributed by atoms with van der Waals surface area (Å²) in [5.74, 6) is 0.471. The Bertz CT molecular complexity index is 696. The fourth-order valence-corrected chi connectivity index (χ4v) is 2.09. The molecule has 0 unspecified atom stereocenters. The van der Waals surface area contributed by atoms with Crippen LogP contribution in [0.2, 0.25) is 0 Å². The second-order valence-corrected chi connectivity index (χ2v) is 5.34. The number of methoxy groups -OCH3 is 1. The van der Waals surface area contributed by atoms with E-state index in [9.17, 15) is 9.59 Å². The first-order valence-electron chi connectivity index (χ1n) is 7.57. The van der Waals surface area contributed by atoms with Crippen molar-refractivity contribution in [1.82, 2.24) is 0 Å². The van der Waals surface area contributed by atoms with Crippen LogP contribution >= 0.6 is 0 Å². The summed E-state index contributed by atoms with van der Waals surface area (Å²) in [5.41, 5.74) is 2.18. The van der Waals surface area contributed by atoms with Crippen molar-refractivity contribution in [3.63, 3.8) is 0 Å². The lowest BCUT2D eigenvalue weighted by Crippen LogP contribution is -2.31. The molecule has 0 aromatic heterocycles. The van der Waals surface area contributed by atoms with Crippen molar-refractivity contribution >= 4 is 28.9 Å². The van der Waals surface area contributed by atoms with Gasteiger partial charge in [0.1, 0.15) is 11.8 Å². The van der Waals surface area contributed by atoms with E-state index in [2.05, 4.69) is 16.0 Å². The van der Waals surface area contributed by atoms with Gasteiger partial charge in [-0.1, -0.05) is 0 Å². The SMILES string of the molecule is COc1ccc(N[C@H](C)C(=O)Nc2ccc(NC(C)=O)cc2)cc1. The van der Waals surface area contributed by atoms with Crippen molar-refractivity contribution in [2.45, 2.75) is 19.9 Å². The second kappa shape index (κ2) is 8.01. The fourth-order valence-electron chi connectivity index (χ4n) is 2.09. The molecule has 2 aromatic rings. The maximum Gasteiger partial charge on any atom is 0.246 e. The molecule has 0 spiro atoms. The highest BCUT2D eigenvalue weighted by molar-refractivity contribution is 5.96. The summed E-state index contributed by atoms with van der Waals surface area (Å²) >= 11 is 0. The van der Waals surface area contributed by atoms with Gasteiger partial charge in [-0.25, -0.2) is 0 Å². The monoisotopic (exact) mass is 327 g/mol. The number of ether oxygens (including phenoxy) is 1. The molecule has 0 saturated carbocycles. The number of carbonyl (C=O) groups excluding carboxylic acids is 2. The van der Waals surface area contributed by atoms with Crippen molar-refractivity contribution in [2.24, 2.45) is 0 Å². The van der Waals surface area contributed by atoms with Crippen LogP contribution in [-0.2, 0) is 9.59 Å². The van der Waals surface area contributed by atoms with E-state index >= 15 is 0 Å². The topological polar surface area (TPSA) is 79.5 Å². The van der Waals surface area contributed by atoms with Gasteiger partial charge in [0.25, 0.3) is 0 Å². The Labute approximate surface area is 141 Å². The van der Waals surface area contributed by atoms with Gasteiger partial charge in [0, 0.05) is 24.0 Å². The van der Waals surface area contributed by atoms with E-state index in [1.54, 1.807) is 38.3 Å². The van der Waals surface area contributed by atoms with Crippen LogP contribution in [0.1, 0.15) is 13.8 Å². The predicted octanol–water partition coefficient (Wildman–Crippen LogP) is 3.09. The molecule has 0 saturated heterocycles. The van der Waals surface area contributed by atoms with Crippen molar-refractivity contribution in [2.75, 3.05) is 23.1 Å². The van der Waals surface area contributed by atoms with Crippen LogP contribution in [0.3, 0.4) is 0 Å². The lowest BCUT2D eigenvalue weighted by Gasteiger charge is -2.16. The van der Waals surface area contributed by atoms with E-state index in [0.717, 1.165) is 11.4 Å². The van der Waals surface area contributed by atoms with Crippen LogP contribution in [0.15, 0.2) is 48.5 Å². The number of carbonyl (C=O) groups is 2. The molecule has 2 amide bonds. The molecule has 3 N–H and O–H groups in total. The number of rotatable bonds is 6. The summed E-state index contributed by atoms with van der Waals surface area (Å²) in [7, 11) is 1.61. The summed E-state index contributed by atoms with van der Waals surface area (Å²) in [4.78, 5) is 23.2. The first-order chi connectivity index (χ1) is 11.5. The molecule has 0 heterocycles. The Kier molecular flexibility index (Phi) is 5.78. The number of anilines is 3. The van der Waals surface area contributed by atoms with Crippen LogP contribution in [-0.4, -0.2) is 25.0 Å². The van der Waals surface area contributed by atoms with E-state index in [4.69, 9.17) is 4.74 Å². The average molecular weight is 327 g/mol. The van der Waals surface area contributed by atoms with Gasteiger partial charge in [0.15, 0.2) is 0 Å². The largest absolute Gasteiger partial charge is 0.497 e. The third-order valence-electron chi connectivity index (χ3n) is 3.34. The molecule has 126 valence electrons. The summed E-state index contributed by atoms with van der Waals surface area (Å²) in [6.45, 7) is 3.23. The van der Waals surface area contributed by atoms with E-state index in [1.165, 1.54) is 6.92 Å². The minimum atomic E-state index is -0.409. The third-order valence-corrected chi connectivity index (χ3v) is 3.34. The molecule has 1 atom stereocenters. The molecule has 0 aliphatic carbocycles. The lowest BCUT2D eigenvalue weighted by molar-refractivity contribution is -0.116. The quantitative estimate of drug-likeness (QED) is 0.762. The maximum absolute atomic E-state index is 12.2. The highest BCUT2D eigenvalue weighted by Gasteiger charge is 2.12. The Morgan fingerprint density at radius 1 is 0.875 bits per heavy atom. The minimum absolute atomic E-state index is 0.135. The summed E-state index contributed by atoms with van der Waals surface area (Å²) in [5, 5.41) is 8.63. The smallest absolute Gasteiger partial charge is 0.246 e. The van der Waals surface area contributed by atoms with Crippen LogP contribution in [0.4, 0.5) is 17.1 Å². The zero-order valence-corrected chi connectivity index (χ0v) is 13.9. The predicted molar refractivity (Wildman–Crippen MR) is 95.5 cm³/mol. The Morgan fingerprint density at radius 3 is 1.88 bits per heavy atom. The lowest BCUT2D eigenvalue weighted by atomic mass is 10.2. The molecule has 0 aliphatic heterocycles. The van der Waals surface area contributed by atoms with Gasteiger partial charge in [-0.15, -0.1) is 0 Å². The second-order valence-electron chi connectivity index (χ2n) is 5.34. The Morgan fingerprint density at radius 2 is 1.38 bits per heavy atom. The van der Waals surface area contributed by atoms with Gasteiger partial charge < -0.3 is 20.7 Å². The molecule has 6 nitrogen and oxygen atoms in total. The molecule has 0 bridgehead atoms. The van der Waals surface area contributed by atoms with E-state index in [0.29, 0.717) is 11.4 Å². The minimum Gasteiger partial charge on any atom is -0.497 e. The third kappa shape index (κ3) is 5.01. The Hall–Kier alpha value is -3.02. The van der Waals surface area contributed by atoms with Gasteiger partial charge in [-0.2, -0.15) is 0 Å². The van der Waals surface area contributed by atoms with E-state index in [-0.39, 0.29) is 11.8 Å². The molecule has 24 heavy (non-hydrogen) atoms. The van der Waals surface area contributed by atoms with Crippen molar-refractivity contribution < 1.29 is 14.3 Å². The van der Waals surface area contributed by atoms with Gasteiger partial charge >= 0.3 is 0 Å². The van der Waals surface area contributed by atoms with Gasteiger partial charge in [-0.05, 0) is 55.5 Å². The summed E-state index contributed by atoms with van der Waals surface area (Å²) < 4.78 is 5.10. The molecule has 2 aromatic carbocycles. The number of hydrogen-bond donors (Lipinski definition) is 3. The molecular weight excluding hydrogens is 306 g/mol. The van der Waals surface area contributed by atoms with Crippen molar-refractivity contribution in [3.8, 4) is 5.75 Å². The number of hydrogen-bond acceptors (Lipinski definition) is 4. The molecule has 0 aliphatic rings. The highest BCUT2D eigenvalue weighted by atomic mass is 16.5. The fraction of sp³-hybridized carbons (Fsp3) is 0.222. The van der Waals surface area contributed by atoms with Crippen molar-refractivity contribution in [1.29, 1.82) is 0 Å². The number of amides is 2. The van der Waals surface area contributed by atoms with Gasteiger partial charge in [-0.3, -0.25) is 9.59 Å². The van der Waals surface area contributed by atoms with E-state index in [1.807, 2.05) is 24.3 Å². The average Bonchev–Trinajstić information content (AvgIpc) is 2.56. The normalized spacial score (nSPS) is 11.3.